The number of rotatable bonds is 5. The Labute approximate surface area is 170 Å². The third kappa shape index (κ3) is 3.02. The van der Waals surface area contributed by atoms with Gasteiger partial charge < -0.3 is 14.6 Å². The van der Waals surface area contributed by atoms with Crippen LogP contribution in [0.1, 0.15) is 29.2 Å². The lowest BCUT2D eigenvalue weighted by atomic mass is 9.83. The van der Waals surface area contributed by atoms with Crippen molar-refractivity contribution >= 4 is 11.5 Å². The molecule has 0 fully saturated rings. The minimum absolute atomic E-state index is 0.222. The lowest BCUT2D eigenvalue weighted by Gasteiger charge is -2.28. The van der Waals surface area contributed by atoms with Crippen LogP contribution in [0.15, 0.2) is 84.4 Å². The third-order valence-corrected chi connectivity index (χ3v) is 5.25. The molecule has 4 nitrogen and oxygen atoms in total. The van der Waals surface area contributed by atoms with Crippen molar-refractivity contribution in [3.63, 3.8) is 0 Å². The van der Waals surface area contributed by atoms with Crippen LogP contribution in [0.2, 0.25) is 0 Å². The van der Waals surface area contributed by atoms with E-state index in [1.807, 2.05) is 54.6 Å². The Balaban J connectivity index is 2.04. The smallest absolute Gasteiger partial charge is 0.338 e. The van der Waals surface area contributed by atoms with Gasteiger partial charge in [-0.3, -0.25) is 0 Å². The van der Waals surface area contributed by atoms with Crippen LogP contribution in [-0.4, -0.2) is 24.8 Å². The fourth-order valence-electron chi connectivity index (χ4n) is 3.96. The van der Waals surface area contributed by atoms with E-state index in [9.17, 15) is 9.90 Å². The van der Waals surface area contributed by atoms with E-state index in [2.05, 4.69) is 0 Å². The highest BCUT2D eigenvalue weighted by Gasteiger charge is 2.49. The standard InChI is InChI=1S/C25H22O4/c1-3-29-24(26)23-22(17-9-5-4-6-10-17)20-11-7-8-12-21(20)25(23,27)18-13-15-19(28-2)16-14-18/h4-16,27H,3H2,1-2H3. The summed E-state index contributed by atoms with van der Waals surface area (Å²) in [5.41, 5.74) is 2.22. The second-order valence-corrected chi connectivity index (χ2v) is 6.82. The molecule has 0 heterocycles. The number of carbonyl (C=O) groups is 1. The summed E-state index contributed by atoms with van der Waals surface area (Å²) in [5, 5.41) is 12.1. The predicted molar refractivity (Wildman–Crippen MR) is 112 cm³/mol. The van der Waals surface area contributed by atoms with E-state index >= 15 is 0 Å². The van der Waals surface area contributed by atoms with Crippen molar-refractivity contribution in [3.8, 4) is 5.75 Å². The highest BCUT2D eigenvalue weighted by atomic mass is 16.5. The van der Waals surface area contributed by atoms with E-state index in [1.165, 1.54) is 0 Å². The van der Waals surface area contributed by atoms with Crippen LogP contribution < -0.4 is 4.74 Å². The van der Waals surface area contributed by atoms with Gasteiger partial charge in [-0.1, -0.05) is 66.7 Å². The first-order valence-corrected chi connectivity index (χ1v) is 9.55. The van der Waals surface area contributed by atoms with Gasteiger partial charge in [-0.25, -0.2) is 4.79 Å². The van der Waals surface area contributed by atoms with Crippen molar-refractivity contribution < 1.29 is 19.4 Å². The van der Waals surface area contributed by atoms with E-state index in [4.69, 9.17) is 9.47 Å². The number of hydrogen-bond donors (Lipinski definition) is 1. The van der Waals surface area contributed by atoms with E-state index in [0.717, 1.165) is 11.1 Å². The van der Waals surface area contributed by atoms with Gasteiger partial charge in [-0.15, -0.1) is 0 Å². The van der Waals surface area contributed by atoms with Crippen LogP contribution in [0.5, 0.6) is 5.75 Å². The summed E-state index contributed by atoms with van der Waals surface area (Å²) in [6, 6.07) is 24.3. The second kappa shape index (κ2) is 7.57. The van der Waals surface area contributed by atoms with Crippen LogP contribution >= 0.6 is 0 Å². The molecule has 0 amide bonds. The molecule has 4 rings (SSSR count). The first-order valence-electron chi connectivity index (χ1n) is 9.55. The van der Waals surface area contributed by atoms with Crippen molar-refractivity contribution in [2.24, 2.45) is 0 Å². The Hall–Kier alpha value is -3.37. The number of ether oxygens (including phenoxy) is 2. The molecule has 0 radical (unpaired) electrons. The van der Waals surface area contributed by atoms with Gasteiger partial charge in [-0.2, -0.15) is 0 Å². The quantitative estimate of drug-likeness (QED) is 0.664. The van der Waals surface area contributed by atoms with Crippen molar-refractivity contribution in [2.45, 2.75) is 12.5 Å². The summed E-state index contributed by atoms with van der Waals surface area (Å²) in [5.74, 6) is 0.148. The minimum atomic E-state index is -1.62. The van der Waals surface area contributed by atoms with Gasteiger partial charge in [0, 0.05) is 11.1 Å². The Morgan fingerprint density at radius 1 is 0.931 bits per heavy atom. The van der Waals surface area contributed by atoms with Gasteiger partial charge >= 0.3 is 5.97 Å². The average Bonchev–Trinajstić information content (AvgIpc) is 3.05. The fraction of sp³-hybridized carbons (Fsp3) is 0.160. The monoisotopic (exact) mass is 386 g/mol. The number of carbonyl (C=O) groups excluding carboxylic acids is 1. The number of methoxy groups -OCH3 is 1. The topological polar surface area (TPSA) is 55.8 Å². The van der Waals surface area contributed by atoms with Crippen molar-refractivity contribution in [3.05, 3.63) is 107 Å². The second-order valence-electron chi connectivity index (χ2n) is 6.82. The van der Waals surface area contributed by atoms with E-state index in [-0.39, 0.29) is 12.2 Å². The van der Waals surface area contributed by atoms with Crippen LogP contribution in [0, 0.1) is 0 Å². The number of benzene rings is 3. The normalized spacial score (nSPS) is 17.8. The molecule has 29 heavy (non-hydrogen) atoms. The lowest BCUT2D eigenvalue weighted by molar-refractivity contribution is -0.140. The minimum Gasteiger partial charge on any atom is -0.497 e. The Kier molecular flexibility index (Phi) is 4.95. The molecule has 0 aromatic heterocycles. The van der Waals surface area contributed by atoms with Gasteiger partial charge in [0.1, 0.15) is 11.4 Å². The summed E-state index contributed by atoms with van der Waals surface area (Å²) in [4.78, 5) is 13.1. The molecule has 1 aliphatic rings. The number of hydrogen-bond acceptors (Lipinski definition) is 4. The van der Waals surface area contributed by atoms with Crippen molar-refractivity contribution in [2.75, 3.05) is 13.7 Å². The van der Waals surface area contributed by atoms with Crippen LogP contribution in [-0.2, 0) is 15.1 Å². The number of aliphatic hydroxyl groups is 1. The Morgan fingerprint density at radius 2 is 1.59 bits per heavy atom. The summed E-state index contributed by atoms with van der Waals surface area (Å²) < 4.78 is 10.6. The first-order chi connectivity index (χ1) is 14.1. The molecule has 0 spiro atoms. The molecule has 1 N–H and O–H groups in total. The highest BCUT2D eigenvalue weighted by molar-refractivity contribution is 6.08. The maximum absolute atomic E-state index is 13.1. The lowest BCUT2D eigenvalue weighted by Crippen LogP contribution is -2.32. The maximum Gasteiger partial charge on any atom is 0.338 e. The largest absolute Gasteiger partial charge is 0.497 e. The molecular weight excluding hydrogens is 364 g/mol. The van der Waals surface area contributed by atoms with Gasteiger partial charge in [0.15, 0.2) is 0 Å². The van der Waals surface area contributed by atoms with Crippen molar-refractivity contribution in [1.29, 1.82) is 0 Å². The molecule has 3 aromatic rings. The van der Waals surface area contributed by atoms with Crippen molar-refractivity contribution in [1.82, 2.24) is 0 Å². The Bertz CT molecular complexity index is 1070. The molecule has 3 aromatic carbocycles. The molecule has 1 aliphatic carbocycles. The molecule has 0 aliphatic heterocycles. The van der Waals surface area contributed by atoms with Crippen LogP contribution in [0.4, 0.5) is 0 Å². The molecule has 0 saturated heterocycles. The van der Waals surface area contributed by atoms with E-state index in [0.29, 0.717) is 22.4 Å². The summed E-state index contributed by atoms with van der Waals surface area (Å²) in [7, 11) is 1.59. The fourth-order valence-corrected chi connectivity index (χ4v) is 3.96. The predicted octanol–water partition coefficient (Wildman–Crippen LogP) is 4.31. The highest BCUT2D eigenvalue weighted by Crippen LogP contribution is 2.51. The van der Waals surface area contributed by atoms with Crippen LogP contribution in [0.3, 0.4) is 0 Å². The van der Waals surface area contributed by atoms with E-state index < -0.39 is 11.6 Å². The summed E-state index contributed by atoms with van der Waals surface area (Å²) in [6.07, 6.45) is 0. The molecule has 146 valence electrons. The summed E-state index contributed by atoms with van der Waals surface area (Å²) in [6.45, 7) is 1.98. The van der Waals surface area contributed by atoms with Gasteiger partial charge in [-0.05, 0) is 35.7 Å². The van der Waals surface area contributed by atoms with E-state index in [1.54, 1.807) is 38.3 Å². The third-order valence-electron chi connectivity index (χ3n) is 5.25. The molecular formula is C25H22O4. The van der Waals surface area contributed by atoms with Gasteiger partial charge in [0.05, 0.1) is 19.3 Å². The zero-order valence-electron chi connectivity index (χ0n) is 16.4. The molecule has 1 atom stereocenters. The van der Waals surface area contributed by atoms with Gasteiger partial charge in [0.25, 0.3) is 0 Å². The SMILES string of the molecule is CCOC(=O)C1=C(c2ccccc2)c2ccccc2C1(O)c1ccc(OC)cc1. The zero-order valence-corrected chi connectivity index (χ0v) is 16.4. The number of fused-ring (bicyclic) bond motifs is 1. The molecule has 1 unspecified atom stereocenters. The van der Waals surface area contributed by atoms with Gasteiger partial charge in [0.2, 0.25) is 0 Å². The maximum atomic E-state index is 13.1. The zero-order chi connectivity index (χ0) is 20.4. The Morgan fingerprint density at radius 3 is 2.24 bits per heavy atom. The van der Waals surface area contributed by atoms with Crippen LogP contribution in [0.25, 0.3) is 5.57 Å². The molecule has 0 bridgehead atoms. The first kappa shape index (κ1) is 19.0. The molecule has 0 saturated carbocycles. The summed E-state index contributed by atoms with van der Waals surface area (Å²) >= 11 is 0. The average molecular weight is 386 g/mol. The molecule has 4 heteroatoms. The number of esters is 1.